The van der Waals surface area contributed by atoms with Crippen molar-refractivity contribution in [1.82, 2.24) is 4.90 Å². The summed E-state index contributed by atoms with van der Waals surface area (Å²) in [6.07, 6.45) is 11.4. The zero-order chi connectivity index (χ0) is 18.0. The monoisotopic (exact) mass is 339 g/mol. The third kappa shape index (κ3) is 3.17. The Labute approximate surface area is 151 Å². The molecule has 2 amide bonds. The molecule has 1 aliphatic heterocycles. The number of carbonyl (C=O) groups excluding carboxylic acids is 2. The SMILES string of the molecule is CCCc1cc2c(c(CCC)c1CCC)CC[C@@H]2N1C(=O)C=CC1=O. The molecule has 0 spiro atoms. The van der Waals surface area contributed by atoms with Gasteiger partial charge in [0.25, 0.3) is 11.8 Å². The van der Waals surface area contributed by atoms with E-state index < -0.39 is 0 Å². The summed E-state index contributed by atoms with van der Waals surface area (Å²) in [4.78, 5) is 25.9. The lowest BCUT2D eigenvalue weighted by Gasteiger charge is -2.25. The second-order valence-electron chi connectivity index (χ2n) is 7.24. The Hall–Kier alpha value is -1.90. The molecule has 0 aromatic heterocycles. The van der Waals surface area contributed by atoms with Gasteiger partial charge in [0.1, 0.15) is 0 Å². The maximum Gasteiger partial charge on any atom is 0.254 e. The summed E-state index contributed by atoms with van der Waals surface area (Å²) >= 11 is 0. The summed E-state index contributed by atoms with van der Waals surface area (Å²) in [6.45, 7) is 6.70. The van der Waals surface area contributed by atoms with E-state index in [-0.39, 0.29) is 17.9 Å². The van der Waals surface area contributed by atoms with Crippen molar-refractivity contribution in [3.05, 3.63) is 46.0 Å². The minimum atomic E-state index is -0.158. The van der Waals surface area contributed by atoms with Gasteiger partial charge >= 0.3 is 0 Å². The zero-order valence-corrected chi connectivity index (χ0v) is 15.7. The van der Waals surface area contributed by atoms with E-state index in [1.54, 1.807) is 5.56 Å². The molecule has 0 fully saturated rings. The molecule has 1 atom stereocenters. The van der Waals surface area contributed by atoms with Gasteiger partial charge in [-0.25, -0.2) is 0 Å². The van der Waals surface area contributed by atoms with E-state index >= 15 is 0 Å². The second-order valence-corrected chi connectivity index (χ2v) is 7.24. The molecule has 1 aliphatic carbocycles. The largest absolute Gasteiger partial charge is 0.269 e. The van der Waals surface area contributed by atoms with Crippen molar-refractivity contribution in [2.75, 3.05) is 0 Å². The minimum Gasteiger partial charge on any atom is -0.269 e. The quantitative estimate of drug-likeness (QED) is 0.688. The number of fused-ring (bicyclic) bond motifs is 1. The first-order valence-corrected chi connectivity index (χ1v) is 9.83. The van der Waals surface area contributed by atoms with Crippen molar-refractivity contribution in [1.29, 1.82) is 0 Å². The number of aryl methyl sites for hydroxylation is 1. The van der Waals surface area contributed by atoms with Gasteiger partial charge in [-0.2, -0.15) is 0 Å². The number of nitrogens with zero attached hydrogens (tertiary/aromatic N) is 1. The summed E-state index contributed by atoms with van der Waals surface area (Å²) in [7, 11) is 0. The maximum atomic E-state index is 12.2. The Morgan fingerprint density at radius 1 is 0.920 bits per heavy atom. The van der Waals surface area contributed by atoms with Crippen molar-refractivity contribution in [2.24, 2.45) is 0 Å². The smallest absolute Gasteiger partial charge is 0.254 e. The predicted octanol–water partition coefficient (Wildman–Crippen LogP) is 4.46. The van der Waals surface area contributed by atoms with Crippen LogP contribution in [0.1, 0.15) is 80.3 Å². The highest BCUT2D eigenvalue weighted by Crippen LogP contribution is 2.42. The average molecular weight is 339 g/mol. The third-order valence-corrected chi connectivity index (χ3v) is 5.50. The molecule has 1 heterocycles. The van der Waals surface area contributed by atoms with Gasteiger partial charge in [-0.1, -0.05) is 46.1 Å². The molecule has 25 heavy (non-hydrogen) atoms. The van der Waals surface area contributed by atoms with Gasteiger partial charge in [-0.15, -0.1) is 0 Å². The van der Waals surface area contributed by atoms with E-state index in [0.29, 0.717) is 0 Å². The molecular weight excluding hydrogens is 310 g/mol. The molecule has 0 saturated carbocycles. The summed E-state index contributed by atoms with van der Waals surface area (Å²) in [5.74, 6) is -0.316. The van der Waals surface area contributed by atoms with Crippen LogP contribution >= 0.6 is 0 Å². The van der Waals surface area contributed by atoms with Crippen LogP contribution in [0.25, 0.3) is 0 Å². The minimum absolute atomic E-state index is 0.0770. The molecular formula is C22H29NO2. The molecule has 0 radical (unpaired) electrons. The van der Waals surface area contributed by atoms with E-state index in [1.165, 1.54) is 39.3 Å². The lowest BCUT2D eigenvalue weighted by molar-refractivity contribution is -0.139. The molecule has 3 rings (SSSR count). The van der Waals surface area contributed by atoms with Crippen molar-refractivity contribution >= 4 is 11.8 Å². The van der Waals surface area contributed by atoms with Crippen LogP contribution in [0.2, 0.25) is 0 Å². The van der Waals surface area contributed by atoms with Gasteiger partial charge in [-0.05, 0) is 59.9 Å². The Bertz CT molecular complexity index is 699. The second kappa shape index (κ2) is 7.55. The fraction of sp³-hybridized carbons (Fsp3) is 0.545. The van der Waals surface area contributed by atoms with Gasteiger partial charge in [-0.3, -0.25) is 14.5 Å². The lowest BCUT2D eigenvalue weighted by Crippen LogP contribution is -2.33. The molecule has 2 aliphatic rings. The molecule has 0 saturated heterocycles. The zero-order valence-electron chi connectivity index (χ0n) is 15.7. The number of carbonyl (C=O) groups is 2. The average Bonchev–Trinajstić information content (AvgIpc) is 3.14. The van der Waals surface area contributed by atoms with Gasteiger partial charge < -0.3 is 0 Å². The maximum absolute atomic E-state index is 12.2. The Morgan fingerprint density at radius 2 is 1.52 bits per heavy atom. The van der Waals surface area contributed by atoms with Gasteiger partial charge in [0.15, 0.2) is 0 Å². The third-order valence-electron chi connectivity index (χ3n) is 5.50. The van der Waals surface area contributed by atoms with Crippen LogP contribution in [0.5, 0.6) is 0 Å². The van der Waals surface area contributed by atoms with Gasteiger partial charge in [0.2, 0.25) is 0 Å². The Kier molecular flexibility index (Phi) is 5.41. The number of benzene rings is 1. The highest BCUT2D eigenvalue weighted by atomic mass is 16.2. The molecule has 3 nitrogen and oxygen atoms in total. The van der Waals surface area contributed by atoms with Crippen LogP contribution in [0.15, 0.2) is 18.2 Å². The normalized spacial score (nSPS) is 19.2. The highest BCUT2D eigenvalue weighted by Gasteiger charge is 2.37. The Balaban J connectivity index is 2.10. The molecule has 0 N–H and O–H groups in total. The van der Waals surface area contributed by atoms with Crippen molar-refractivity contribution in [3.63, 3.8) is 0 Å². The first-order chi connectivity index (χ1) is 12.1. The van der Waals surface area contributed by atoms with Crippen LogP contribution in [0, 0.1) is 0 Å². The van der Waals surface area contributed by atoms with Crippen LogP contribution in [0.4, 0.5) is 0 Å². The molecule has 3 heteroatoms. The van der Waals surface area contributed by atoms with E-state index in [2.05, 4.69) is 26.8 Å². The molecule has 1 aromatic carbocycles. The fourth-order valence-corrected chi connectivity index (χ4v) is 4.53. The lowest BCUT2D eigenvalue weighted by atomic mass is 9.86. The molecule has 0 unspecified atom stereocenters. The van der Waals surface area contributed by atoms with Crippen LogP contribution < -0.4 is 0 Å². The number of hydrogen-bond donors (Lipinski definition) is 0. The van der Waals surface area contributed by atoms with Gasteiger partial charge in [0.05, 0.1) is 6.04 Å². The summed E-state index contributed by atoms with van der Waals surface area (Å²) in [6, 6.07) is 2.24. The molecule has 1 aromatic rings. The summed E-state index contributed by atoms with van der Waals surface area (Å²) in [5, 5.41) is 0. The Morgan fingerprint density at radius 3 is 2.12 bits per heavy atom. The first kappa shape index (κ1) is 17.9. The molecule has 134 valence electrons. The van der Waals surface area contributed by atoms with Crippen molar-refractivity contribution in [3.8, 4) is 0 Å². The number of imide groups is 1. The highest BCUT2D eigenvalue weighted by molar-refractivity contribution is 6.13. The van der Waals surface area contributed by atoms with E-state index in [9.17, 15) is 9.59 Å². The van der Waals surface area contributed by atoms with E-state index in [4.69, 9.17) is 0 Å². The summed E-state index contributed by atoms with van der Waals surface area (Å²) < 4.78 is 0. The van der Waals surface area contributed by atoms with Crippen LogP contribution in [0.3, 0.4) is 0 Å². The predicted molar refractivity (Wildman–Crippen MR) is 100 cm³/mol. The first-order valence-electron chi connectivity index (χ1n) is 9.83. The standard InChI is InChI=1S/C22H29NO2/c1-4-7-15-14-19-18(17(9-6-3)16(15)8-5-2)10-11-20(19)23-21(24)12-13-22(23)25/h12-14,20H,4-11H2,1-3H3/t20-/m0/s1. The van der Waals surface area contributed by atoms with E-state index in [0.717, 1.165) is 51.4 Å². The topological polar surface area (TPSA) is 37.4 Å². The fourth-order valence-electron chi connectivity index (χ4n) is 4.53. The molecule has 0 bridgehead atoms. The van der Waals surface area contributed by atoms with Crippen LogP contribution in [-0.2, 0) is 35.3 Å². The van der Waals surface area contributed by atoms with Crippen molar-refractivity contribution < 1.29 is 9.59 Å². The number of rotatable bonds is 7. The number of amides is 2. The van der Waals surface area contributed by atoms with Crippen LogP contribution in [-0.4, -0.2) is 16.7 Å². The van der Waals surface area contributed by atoms with Gasteiger partial charge in [0, 0.05) is 12.2 Å². The summed E-state index contributed by atoms with van der Waals surface area (Å²) in [5.41, 5.74) is 7.15. The number of hydrogen-bond acceptors (Lipinski definition) is 2. The van der Waals surface area contributed by atoms with E-state index in [1.807, 2.05) is 0 Å². The van der Waals surface area contributed by atoms with Crippen molar-refractivity contribution in [2.45, 2.75) is 78.2 Å².